The molecule has 0 bridgehead atoms. The lowest BCUT2D eigenvalue weighted by Gasteiger charge is -2.06. The van der Waals surface area contributed by atoms with Gasteiger partial charge in [0.1, 0.15) is 11.1 Å². The molecule has 0 atom stereocenters. The van der Waals surface area contributed by atoms with Crippen molar-refractivity contribution < 1.29 is 9.21 Å². The van der Waals surface area contributed by atoms with Gasteiger partial charge in [-0.2, -0.15) is 0 Å². The highest BCUT2D eigenvalue weighted by atomic mass is 32.1. The maximum atomic E-state index is 12.8. The van der Waals surface area contributed by atoms with E-state index in [2.05, 4.69) is 21.4 Å². The van der Waals surface area contributed by atoms with Gasteiger partial charge in [-0.05, 0) is 37.6 Å². The highest BCUT2D eigenvalue weighted by molar-refractivity contribution is 7.13. The molecule has 0 saturated carbocycles. The molecule has 4 rings (SSSR count). The molecule has 0 spiro atoms. The molecule has 0 saturated heterocycles. The van der Waals surface area contributed by atoms with Crippen molar-refractivity contribution in [1.82, 2.24) is 4.98 Å². The number of rotatable bonds is 3. The summed E-state index contributed by atoms with van der Waals surface area (Å²) in [7, 11) is 0. The molecule has 0 unspecified atom stereocenters. The fraction of sp³-hybridized carbons (Fsp3) is 0.0952. The number of aromatic nitrogens is 1. The molecule has 0 fully saturated rings. The first-order valence-electron chi connectivity index (χ1n) is 8.46. The molecule has 27 heavy (non-hydrogen) atoms. The Balaban J connectivity index is 1.89. The van der Waals surface area contributed by atoms with Gasteiger partial charge < -0.3 is 4.42 Å². The first-order chi connectivity index (χ1) is 13.1. The molecule has 2 aromatic carbocycles. The van der Waals surface area contributed by atoms with Crippen LogP contribution in [-0.4, -0.2) is 10.9 Å². The van der Waals surface area contributed by atoms with E-state index in [-0.39, 0.29) is 11.5 Å². The molecular weight excluding hydrogens is 358 g/mol. The van der Waals surface area contributed by atoms with Crippen LogP contribution in [0.2, 0.25) is 0 Å². The summed E-state index contributed by atoms with van der Waals surface area (Å²) in [6.45, 7) is 4.02. The monoisotopic (exact) mass is 375 g/mol. The number of carbonyl (C=O) groups is 1. The second kappa shape index (κ2) is 7.17. The number of nitrogens with zero attached hydrogens (tertiary/aromatic N) is 2. The van der Waals surface area contributed by atoms with Gasteiger partial charge in [0, 0.05) is 17.0 Å². The lowest BCUT2D eigenvalue weighted by Crippen LogP contribution is -2.21. The van der Waals surface area contributed by atoms with Gasteiger partial charge >= 0.3 is 0 Å². The highest BCUT2D eigenvalue weighted by Gasteiger charge is 2.14. The van der Waals surface area contributed by atoms with Crippen molar-refractivity contribution in [2.45, 2.75) is 13.8 Å². The van der Waals surface area contributed by atoms with Crippen molar-refractivity contribution in [3.8, 4) is 0 Å². The fourth-order valence-corrected chi connectivity index (χ4v) is 3.33. The first kappa shape index (κ1) is 17.2. The van der Waals surface area contributed by atoms with Gasteiger partial charge in [-0.25, -0.2) is 9.98 Å². The summed E-state index contributed by atoms with van der Waals surface area (Å²) in [6.07, 6.45) is 1.64. The minimum Gasteiger partial charge on any atom is -0.438 e. The van der Waals surface area contributed by atoms with Gasteiger partial charge in [-0.15, -0.1) is 11.3 Å². The third-order valence-electron chi connectivity index (χ3n) is 4.13. The number of amides is 1. The van der Waals surface area contributed by atoms with Crippen molar-refractivity contribution in [2.24, 2.45) is 4.99 Å². The second-order valence-electron chi connectivity index (χ2n) is 6.20. The second-order valence-corrected chi connectivity index (χ2v) is 7.09. The molecule has 0 aliphatic heterocycles. The van der Waals surface area contributed by atoms with Gasteiger partial charge in [0.05, 0.1) is 5.69 Å². The predicted molar refractivity (Wildman–Crippen MR) is 107 cm³/mol. The quantitative estimate of drug-likeness (QED) is 0.548. The van der Waals surface area contributed by atoms with Gasteiger partial charge in [-0.1, -0.05) is 35.9 Å². The van der Waals surface area contributed by atoms with Crippen LogP contribution in [-0.2, 0) is 0 Å². The van der Waals surface area contributed by atoms with Crippen molar-refractivity contribution in [3.05, 3.63) is 82.4 Å². The molecule has 2 heterocycles. The number of aryl methyl sites for hydroxylation is 2. The van der Waals surface area contributed by atoms with Crippen LogP contribution in [0.3, 0.4) is 0 Å². The molecule has 0 aliphatic carbocycles. The predicted octanol–water partition coefficient (Wildman–Crippen LogP) is 4.99. The Morgan fingerprint density at radius 1 is 1.15 bits per heavy atom. The van der Waals surface area contributed by atoms with Crippen LogP contribution in [0.1, 0.15) is 21.5 Å². The van der Waals surface area contributed by atoms with Gasteiger partial charge in [0.15, 0.2) is 5.13 Å². The van der Waals surface area contributed by atoms with Crippen LogP contribution in [0, 0.1) is 13.8 Å². The number of anilines is 1. The highest BCUT2D eigenvalue weighted by Crippen LogP contribution is 2.20. The maximum absolute atomic E-state index is 12.8. The molecular formula is C21H17N3O2S. The Morgan fingerprint density at radius 3 is 2.78 bits per heavy atom. The van der Waals surface area contributed by atoms with Crippen molar-refractivity contribution >= 4 is 39.0 Å². The zero-order chi connectivity index (χ0) is 18.8. The molecule has 0 aliphatic rings. The molecule has 1 N–H and O–H groups in total. The summed E-state index contributed by atoms with van der Waals surface area (Å²) in [4.78, 5) is 21.6. The van der Waals surface area contributed by atoms with Crippen LogP contribution in [0.5, 0.6) is 0 Å². The summed E-state index contributed by atoms with van der Waals surface area (Å²) < 4.78 is 5.98. The van der Waals surface area contributed by atoms with Crippen LogP contribution >= 0.6 is 11.3 Å². The number of benzene rings is 2. The Labute approximate surface area is 160 Å². The largest absolute Gasteiger partial charge is 0.438 e. The van der Waals surface area contributed by atoms with E-state index in [1.807, 2.05) is 50.2 Å². The molecule has 2 aromatic heterocycles. The van der Waals surface area contributed by atoms with E-state index >= 15 is 0 Å². The van der Waals surface area contributed by atoms with E-state index in [1.54, 1.807) is 17.6 Å². The normalized spacial score (nSPS) is 11.7. The lowest BCUT2D eigenvalue weighted by molar-refractivity contribution is 0.102. The van der Waals surface area contributed by atoms with Gasteiger partial charge in [0.25, 0.3) is 5.91 Å². The SMILES string of the molecule is Cc1ccc(N=c2oc3ccccc3cc2C(=O)Nc2nccs2)c(C)c1. The number of para-hydroxylation sites is 1. The lowest BCUT2D eigenvalue weighted by atomic mass is 10.1. The van der Waals surface area contributed by atoms with E-state index in [0.717, 1.165) is 22.2 Å². The van der Waals surface area contributed by atoms with Crippen molar-refractivity contribution in [3.63, 3.8) is 0 Å². The average Bonchev–Trinajstić information content (AvgIpc) is 3.16. The van der Waals surface area contributed by atoms with Crippen LogP contribution in [0.25, 0.3) is 11.0 Å². The minimum atomic E-state index is -0.303. The van der Waals surface area contributed by atoms with Crippen LogP contribution in [0.4, 0.5) is 10.8 Å². The van der Waals surface area contributed by atoms with Gasteiger partial charge in [0.2, 0.25) is 5.55 Å². The molecule has 5 nitrogen and oxygen atoms in total. The zero-order valence-electron chi connectivity index (χ0n) is 14.9. The average molecular weight is 375 g/mol. The number of carbonyl (C=O) groups excluding carboxylic acids is 1. The number of fused-ring (bicyclic) bond motifs is 1. The van der Waals surface area contributed by atoms with Gasteiger partial charge in [-0.3, -0.25) is 10.1 Å². The van der Waals surface area contributed by atoms with E-state index in [9.17, 15) is 4.79 Å². The van der Waals surface area contributed by atoms with Crippen LogP contribution in [0.15, 0.2) is 69.5 Å². The Hall–Kier alpha value is -3.25. The summed E-state index contributed by atoms with van der Waals surface area (Å²) in [6, 6.07) is 15.3. The Morgan fingerprint density at radius 2 is 2.00 bits per heavy atom. The Bertz CT molecular complexity index is 1190. The van der Waals surface area contributed by atoms with Crippen molar-refractivity contribution in [1.29, 1.82) is 0 Å². The number of hydrogen-bond donors (Lipinski definition) is 1. The standard InChI is InChI=1S/C21H17N3O2S/c1-13-7-8-17(14(2)11-13)23-20-16(19(25)24-21-22-9-10-27-21)12-15-5-3-4-6-18(15)26-20/h3-12H,1-2H3,(H,22,24,25). The topological polar surface area (TPSA) is 67.5 Å². The number of nitrogens with one attached hydrogen (secondary N) is 1. The summed E-state index contributed by atoms with van der Waals surface area (Å²) in [5.41, 5.74) is 4.25. The molecule has 1 amide bonds. The number of thiazole rings is 1. The maximum Gasteiger partial charge on any atom is 0.262 e. The Kier molecular flexibility index (Phi) is 4.56. The molecule has 0 radical (unpaired) electrons. The summed E-state index contributed by atoms with van der Waals surface area (Å²) in [5.74, 6) is -0.303. The third-order valence-corrected chi connectivity index (χ3v) is 4.82. The minimum absolute atomic E-state index is 0.273. The summed E-state index contributed by atoms with van der Waals surface area (Å²) >= 11 is 1.36. The van der Waals surface area contributed by atoms with Crippen LogP contribution < -0.4 is 10.9 Å². The zero-order valence-corrected chi connectivity index (χ0v) is 15.7. The third kappa shape index (κ3) is 3.66. The first-order valence-corrected chi connectivity index (χ1v) is 9.34. The summed E-state index contributed by atoms with van der Waals surface area (Å²) in [5, 5.41) is 5.98. The van der Waals surface area contributed by atoms with E-state index < -0.39 is 0 Å². The van der Waals surface area contributed by atoms with Crippen molar-refractivity contribution in [2.75, 3.05) is 5.32 Å². The smallest absolute Gasteiger partial charge is 0.262 e. The van der Waals surface area contributed by atoms with E-state index in [1.165, 1.54) is 11.3 Å². The molecule has 4 aromatic rings. The fourth-order valence-electron chi connectivity index (χ4n) is 2.80. The number of hydrogen-bond acceptors (Lipinski definition) is 5. The van der Waals surface area contributed by atoms with E-state index in [4.69, 9.17) is 4.42 Å². The van der Waals surface area contributed by atoms with E-state index in [0.29, 0.717) is 16.3 Å². The molecule has 6 heteroatoms. The molecule has 134 valence electrons.